The molecule has 0 aliphatic carbocycles. The Bertz CT molecular complexity index is 745. The van der Waals surface area contributed by atoms with Crippen LogP contribution in [0.2, 0.25) is 0 Å². The smallest absolute Gasteiger partial charge is 0.339 e. The average Bonchev–Trinajstić information content (AvgIpc) is 2.48. The molecule has 4 rings (SSSR count). The van der Waals surface area contributed by atoms with Crippen LogP contribution in [0.1, 0.15) is 24.0 Å². The van der Waals surface area contributed by atoms with E-state index in [4.69, 9.17) is 9.15 Å². The number of methoxy groups -OCH3 is 1. The Hall–Kier alpha value is -1.97. The average molecular weight is 271 g/mol. The van der Waals surface area contributed by atoms with Crippen molar-refractivity contribution >= 4 is 16.7 Å². The van der Waals surface area contributed by atoms with E-state index in [1.54, 1.807) is 7.11 Å². The fraction of sp³-hybridized carbons (Fsp3) is 0.438. The highest BCUT2D eigenvalue weighted by Gasteiger charge is 2.27. The normalized spacial score (nSPS) is 17.1. The summed E-state index contributed by atoms with van der Waals surface area (Å²) in [7, 11) is 1.60. The summed E-state index contributed by atoms with van der Waals surface area (Å²) < 4.78 is 10.9. The molecular weight excluding hydrogens is 254 g/mol. The summed E-state index contributed by atoms with van der Waals surface area (Å²) in [4.78, 5) is 14.2. The van der Waals surface area contributed by atoms with Crippen LogP contribution in [0.5, 0.6) is 5.75 Å². The van der Waals surface area contributed by atoms with Crippen LogP contribution in [0.25, 0.3) is 11.0 Å². The minimum absolute atomic E-state index is 0.335. The molecule has 0 atom stereocenters. The Morgan fingerprint density at radius 1 is 1.20 bits per heavy atom. The van der Waals surface area contributed by atoms with E-state index in [1.165, 1.54) is 29.3 Å². The van der Waals surface area contributed by atoms with Crippen LogP contribution in [-0.2, 0) is 12.8 Å². The zero-order valence-corrected chi connectivity index (χ0v) is 11.6. The van der Waals surface area contributed by atoms with Crippen molar-refractivity contribution in [3.63, 3.8) is 0 Å². The second-order valence-electron chi connectivity index (χ2n) is 5.57. The number of nitrogens with zero attached hydrogens (tertiary/aromatic N) is 1. The van der Waals surface area contributed by atoms with E-state index in [0.29, 0.717) is 5.75 Å². The number of fused-ring (bicyclic) bond motifs is 2. The van der Waals surface area contributed by atoms with Crippen molar-refractivity contribution in [3.8, 4) is 5.75 Å². The Morgan fingerprint density at radius 2 is 2.00 bits per heavy atom. The number of anilines is 1. The van der Waals surface area contributed by atoms with E-state index in [0.717, 1.165) is 43.3 Å². The first-order valence-corrected chi connectivity index (χ1v) is 7.19. The van der Waals surface area contributed by atoms with Crippen LogP contribution in [0.3, 0.4) is 0 Å². The molecule has 0 radical (unpaired) electrons. The Morgan fingerprint density at radius 3 is 2.80 bits per heavy atom. The van der Waals surface area contributed by atoms with Gasteiger partial charge >= 0.3 is 5.63 Å². The molecule has 0 bridgehead atoms. The summed E-state index contributed by atoms with van der Waals surface area (Å²) in [5.74, 6) is 0.623. The van der Waals surface area contributed by atoms with E-state index in [1.807, 2.05) is 0 Å². The fourth-order valence-corrected chi connectivity index (χ4v) is 3.61. The third kappa shape index (κ3) is 1.57. The predicted molar refractivity (Wildman–Crippen MR) is 77.9 cm³/mol. The molecule has 0 amide bonds. The van der Waals surface area contributed by atoms with Crippen LogP contribution < -0.4 is 15.3 Å². The van der Waals surface area contributed by atoms with E-state index in [-0.39, 0.29) is 5.63 Å². The number of aryl methyl sites for hydroxylation is 2. The maximum Gasteiger partial charge on any atom is 0.339 e. The molecule has 3 heterocycles. The quantitative estimate of drug-likeness (QED) is 0.747. The first-order chi connectivity index (χ1) is 9.78. The second-order valence-corrected chi connectivity index (χ2v) is 5.57. The lowest BCUT2D eigenvalue weighted by Crippen LogP contribution is -2.34. The van der Waals surface area contributed by atoms with E-state index in [9.17, 15) is 4.79 Å². The van der Waals surface area contributed by atoms with E-state index >= 15 is 0 Å². The zero-order valence-electron chi connectivity index (χ0n) is 11.6. The minimum Gasteiger partial charge on any atom is -0.496 e. The molecule has 1 aromatic carbocycles. The molecule has 4 heteroatoms. The zero-order chi connectivity index (χ0) is 13.7. The predicted octanol–water partition coefficient (Wildman–Crippen LogP) is 2.50. The lowest BCUT2D eigenvalue weighted by atomic mass is 9.90. The van der Waals surface area contributed by atoms with Crippen molar-refractivity contribution < 1.29 is 9.15 Å². The van der Waals surface area contributed by atoms with Gasteiger partial charge in [-0.3, -0.25) is 0 Å². The molecule has 0 N–H and O–H groups in total. The van der Waals surface area contributed by atoms with Crippen molar-refractivity contribution in [1.82, 2.24) is 0 Å². The first kappa shape index (κ1) is 11.8. The fourth-order valence-electron chi connectivity index (χ4n) is 3.61. The van der Waals surface area contributed by atoms with Gasteiger partial charge in [-0.2, -0.15) is 0 Å². The monoisotopic (exact) mass is 271 g/mol. The summed E-state index contributed by atoms with van der Waals surface area (Å²) in [6, 6.07) is 3.58. The van der Waals surface area contributed by atoms with Crippen LogP contribution in [-0.4, -0.2) is 20.2 Å². The molecule has 2 aliphatic heterocycles. The number of benzene rings is 1. The molecule has 104 valence electrons. The summed E-state index contributed by atoms with van der Waals surface area (Å²) in [5.41, 5.74) is 4.26. The van der Waals surface area contributed by atoms with Gasteiger partial charge in [0.2, 0.25) is 0 Å². The molecule has 20 heavy (non-hydrogen) atoms. The van der Waals surface area contributed by atoms with E-state index in [2.05, 4.69) is 11.0 Å². The third-order valence-electron chi connectivity index (χ3n) is 4.41. The van der Waals surface area contributed by atoms with Crippen molar-refractivity contribution in [3.05, 3.63) is 33.7 Å². The van der Waals surface area contributed by atoms with Crippen LogP contribution in [0, 0.1) is 0 Å². The summed E-state index contributed by atoms with van der Waals surface area (Å²) in [6.07, 6.45) is 4.38. The lowest BCUT2D eigenvalue weighted by molar-refractivity contribution is 0.412. The van der Waals surface area contributed by atoms with Gasteiger partial charge in [0.25, 0.3) is 0 Å². The van der Waals surface area contributed by atoms with Gasteiger partial charge in [0.05, 0.1) is 18.6 Å². The van der Waals surface area contributed by atoms with Crippen LogP contribution >= 0.6 is 0 Å². The largest absolute Gasteiger partial charge is 0.496 e. The topological polar surface area (TPSA) is 42.7 Å². The molecule has 0 spiro atoms. The summed E-state index contributed by atoms with van der Waals surface area (Å²) in [6.45, 7) is 2.22. The maximum absolute atomic E-state index is 11.7. The van der Waals surface area contributed by atoms with Crippen LogP contribution in [0.4, 0.5) is 5.69 Å². The Balaban J connectivity index is 2.12. The number of hydrogen-bond donors (Lipinski definition) is 0. The van der Waals surface area contributed by atoms with Crippen molar-refractivity contribution in [2.45, 2.75) is 25.7 Å². The van der Waals surface area contributed by atoms with Crippen molar-refractivity contribution in [1.29, 1.82) is 0 Å². The summed E-state index contributed by atoms with van der Waals surface area (Å²) in [5, 5.41) is 0.935. The molecule has 1 aromatic heterocycles. The highest BCUT2D eigenvalue weighted by atomic mass is 16.5. The number of ether oxygens (including phenoxy) is 1. The van der Waals surface area contributed by atoms with Gasteiger partial charge in [0.15, 0.2) is 0 Å². The van der Waals surface area contributed by atoms with Gasteiger partial charge < -0.3 is 14.1 Å². The Labute approximate surface area is 116 Å². The SMILES string of the molecule is COc1cc(=O)oc2c3c4c(cc12)CCCN4CCC3. The summed E-state index contributed by atoms with van der Waals surface area (Å²) >= 11 is 0. The highest BCUT2D eigenvalue weighted by Crippen LogP contribution is 2.41. The molecule has 2 aliphatic rings. The van der Waals surface area contributed by atoms with Crippen molar-refractivity contribution in [2.75, 3.05) is 25.1 Å². The molecule has 4 nitrogen and oxygen atoms in total. The van der Waals surface area contributed by atoms with Gasteiger partial charge in [-0.25, -0.2) is 4.79 Å². The number of hydrogen-bond acceptors (Lipinski definition) is 4. The molecule has 0 saturated heterocycles. The minimum atomic E-state index is -0.335. The van der Waals surface area contributed by atoms with Gasteiger partial charge in [-0.05, 0) is 37.3 Å². The molecule has 0 unspecified atom stereocenters. The molecule has 2 aromatic rings. The third-order valence-corrected chi connectivity index (χ3v) is 4.41. The first-order valence-electron chi connectivity index (χ1n) is 7.19. The van der Waals surface area contributed by atoms with E-state index < -0.39 is 0 Å². The highest BCUT2D eigenvalue weighted by molar-refractivity contribution is 5.92. The number of rotatable bonds is 1. The van der Waals surface area contributed by atoms with Gasteiger partial charge in [0.1, 0.15) is 11.3 Å². The van der Waals surface area contributed by atoms with Crippen LogP contribution in [0.15, 0.2) is 21.3 Å². The molecule has 0 fully saturated rings. The van der Waals surface area contributed by atoms with Crippen molar-refractivity contribution in [2.24, 2.45) is 0 Å². The lowest BCUT2D eigenvalue weighted by Gasteiger charge is -2.37. The van der Waals surface area contributed by atoms with Gasteiger partial charge in [-0.15, -0.1) is 0 Å². The second kappa shape index (κ2) is 4.27. The standard InChI is InChI=1S/C16H17NO3/c1-19-13-9-14(18)20-16-11-5-3-7-17-6-2-4-10(15(11)17)8-12(13)16/h8-9H,2-7H2,1H3. The Kier molecular flexibility index (Phi) is 2.52. The molecule has 0 saturated carbocycles. The van der Waals surface area contributed by atoms with Gasteiger partial charge in [-0.1, -0.05) is 0 Å². The van der Waals surface area contributed by atoms with Gasteiger partial charge in [0, 0.05) is 24.3 Å². The maximum atomic E-state index is 11.7. The molecular formula is C16H17NO3.